The molecule has 0 aromatic heterocycles. The van der Waals surface area contributed by atoms with E-state index in [4.69, 9.17) is 43.7 Å². The lowest BCUT2D eigenvalue weighted by Gasteiger charge is -2.15. The van der Waals surface area contributed by atoms with E-state index in [0.29, 0.717) is 0 Å². The molecule has 0 N–H and O–H groups in total. The van der Waals surface area contributed by atoms with E-state index in [1.807, 2.05) is 0 Å². The first-order valence-corrected chi connectivity index (χ1v) is 8.49. The SMILES string of the molecule is C=C(C)C(=O)OCC(C)OS(=O)(=O)c1c(Cl)cc(Cl)cc1Cl. The maximum Gasteiger partial charge on any atom is 0.333 e. The van der Waals surface area contributed by atoms with Crippen molar-refractivity contribution in [2.45, 2.75) is 24.8 Å². The Morgan fingerprint density at radius 3 is 2.23 bits per heavy atom. The molecule has 0 bridgehead atoms. The molecule has 0 aliphatic heterocycles. The topological polar surface area (TPSA) is 69.7 Å². The summed E-state index contributed by atoms with van der Waals surface area (Å²) in [6.45, 7) is 6.02. The van der Waals surface area contributed by atoms with Gasteiger partial charge in [-0.3, -0.25) is 4.18 Å². The van der Waals surface area contributed by atoms with Gasteiger partial charge in [0.2, 0.25) is 0 Å². The highest BCUT2D eigenvalue weighted by molar-refractivity contribution is 7.87. The molecule has 0 radical (unpaired) electrons. The Hall–Kier alpha value is -0.790. The van der Waals surface area contributed by atoms with Gasteiger partial charge in [0.25, 0.3) is 10.1 Å². The van der Waals surface area contributed by atoms with Crippen LogP contribution in [0.3, 0.4) is 0 Å². The van der Waals surface area contributed by atoms with Crippen LogP contribution in [0.4, 0.5) is 0 Å². The van der Waals surface area contributed by atoms with Crippen LogP contribution in [0.1, 0.15) is 13.8 Å². The lowest BCUT2D eigenvalue weighted by atomic mass is 10.3. The first-order valence-electron chi connectivity index (χ1n) is 5.95. The number of ether oxygens (including phenoxy) is 1. The molecule has 122 valence electrons. The average Bonchev–Trinajstić information content (AvgIpc) is 2.33. The minimum absolute atomic E-state index is 0.163. The molecular weight excluding hydrogens is 375 g/mol. The van der Waals surface area contributed by atoms with Crippen LogP contribution in [0, 0.1) is 0 Å². The third-order valence-corrected chi connectivity index (χ3v) is 4.86. The molecule has 9 heteroatoms. The number of hydrogen-bond donors (Lipinski definition) is 0. The Morgan fingerprint density at radius 1 is 1.27 bits per heavy atom. The van der Waals surface area contributed by atoms with Crippen molar-refractivity contribution in [3.8, 4) is 0 Å². The van der Waals surface area contributed by atoms with Crippen molar-refractivity contribution in [1.29, 1.82) is 0 Å². The molecule has 0 amide bonds. The molecule has 0 heterocycles. The highest BCUT2D eigenvalue weighted by Gasteiger charge is 2.26. The lowest BCUT2D eigenvalue weighted by molar-refractivity contribution is -0.141. The molecular formula is C13H13Cl3O5S. The molecule has 0 fully saturated rings. The summed E-state index contributed by atoms with van der Waals surface area (Å²) < 4.78 is 34.1. The second-order valence-electron chi connectivity index (χ2n) is 4.44. The summed E-state index contributed by atoms with van der Waals surface area (Å²) in [5, 5.41) is -0.135. The van der Waals surface area contributed by atoms with Crippen molar-refractivity contribution in [3.05, 3.63) is 39.4 Å². The van der Waals surface area contributed by atoms with E-state index < -0.39 is 27.1 Å². The second kappa shape index (κ2) is 7.66. The minimum Gasteiger partial charge on any atom is -0.460 e. The summed E-state index contributed by atoms with van der Waals surface area (Å²) in [5.41, 5.74) is 0.193. The van der Waals surface area contributed by atoms with Crippen LogP contribution in [0.2, 0.25) is 15.1 Å². The van der Waals surface area contributed by atoms with Crippen molar-refractivity contribution in [2.75, 3.05) is 6.61 Å². The smallest absolute Gasteiger partial charge is 0.333 e. The summed E-state index contributed by atoms with van der Waals surface area (Å²) in [4.78, 5) is 10.9. The largest absolute Gasteiger partial charge is 0.460 e. The van der Waals surface area contributed by atoms with Crippen molar-refractivity contribution < 1.29 is 22.1 Å². The number of carbonyl (C=O) groups is 1. The van der Waals surface area contributed by atoms with Gasteiger partial charge in [-0.25, -0.2) is 4.79 Å². The van der Waals surface area contributed by atoms with Crippen molar-refractivity contribution in [2.24, 2.45) is 0 Å². The van der Waals surface area contributed by atoms with Crippen LogP contribution in [-0.2, 0) is 23.8 Å². The highest BCUT2D eigenvalue weighted by Crippen LogP contribution is 2.34. The van der Waals surface area contributed by atoms with E-state index in [0.717, 1.165) is 0 Å². The number of carbonyl (C=O) groups excluding carboxylic acids is 1. The maximum absolute atomic E-state index is 12.2. The van der Waals surface area contributed by atoms with E-state index in [9.17, 15) is 13.2 Å². The normalized spacial score (nSPS) is 12.8. The summed E-state index contributed by atoms with van der Waals surface area (Å²) >= 11 is 17.4. The van der Waals surface area contributed by atoms with Crippen LogP contribution in [0.25, 0.3) is 0 Å². The first kappa shape index (κ1) is 19.3. The fourth-order valence-corrected chi connectivity index (χ4v) is 3.94. The quantitative estimate of drug-likeness (QED) is 0.421. The molecule has 0 aliphatic rings. The average molecular weight is 388 g/mol. The molecule has 1 aromatic rings. The van der Waals surface area contributed by atoms with Gasteiger partial charge >= 0.3 is 5.97 Å². The Balaban J connectivity index is 2.88. The molecule has 1 aromatic carbocycles. The molecule has 0 saturated heterocycles. The van der Waals surface area contributed by atoms with Gasteiger partial charge in [0.05, 0.1) is 10.0 Å². The molecule has 1 rings (SSSR count). The predicted molar refractivity (Wildman–Crippen MR) is 85.0 cm³/mol. The van der Waals surface area contributed by atoms with E-state index in [2.05, 4.69) is 6.58 Å². The zero-order valence-corrected chi connectivity index (χ0v) is 14.8. The van der Waals surface area contributed by atoms with E-state index in [1.54, 1.807) is 0 Å². The molecule has 0 aliphatic carbocycles. The molecule has 0 saturated carbocycles. The standard InChI is InChI=1S/C13H13Cl3O5S/c1-7(2)13(17)20-6-8(3)21-22(18,19)12-10(15)4-9(14)5-11(12)16/h4-5,8H,1,6H2,2-3H3. The summed E-state index contributed by atoms with van der Waals surface area (Å²) in [6, 6.07) is 2.47. The molecule has 1 atom stereocenters. The maximum atomic E-state index is 12.2. The first-order chi connectivity index (χ1) is 10.0. The van der Waals surface area contributed by atoms with E-state index in [1.165, 1.54) is 26.0 Å². The zero-order chi connectivity index (χ0) is 17.1. The number of esters is 1. The van der Waals surface area contributed by atoms with E-state index >= 15 is 0 Å². The molecule has 1 unspecified atom stereocenters. The lowest BCUT2D eigenvalue weighted by Crippen LogP contribution is -2.23. The Morgan fingerprint density at radius 2 is 1.77 bits per heavy atom. The van der Waals surface area contributed by atoms with Gasteiger partial charge in [-0.1, -0.05) is 41.4 Å². The fraction of sp³-hybridized carbons (Fsp3) is 0.308. The second-order valence-corrected chi connectivity index (χ2v) is 7.20. The summed E-state index contributed by atoms with van der Waals surface area (Å²) in [6.07, 6.45) is -0.934. The van der Waals surface area contributed by atoms with Crippen LogP contribution in [-0.4, -0.2) is 27.1 Å². The van der Waals surface area contributed by atoms with Crippen molar-refractivity contribution >= 4 is 50.9 Å². The third kappa shape index (κ3) is 5.14. The number of halogens is 3. The summed E-state index contributed by atoms with van der Waals surface area (Å²) in [7, 11) is -4.24. The van der Waals surface area contributed by atoms with Gasteiger partial charge in [0.15, 0.2) is 0 Å². The van der Waals surface area contributed by atoms with Crippen LogP contribution >= 0.6 is 34.8 Å². The third-order valence-electron chi connectivity index (χ3n) is 2.30. The fourth-order valence-electron chi connectivity index (χ4n) is 1.38. The number of benzene rings is 1. The predicted octanol–water partition coefficient (Wildman–Crippen LogP) is 3.86. The Bertz CT molecular complexity index is 677. The molecule has 5 nitrogen and oxygen atoms in total. The number of hydrogen-bond acceptors (Lipinski definition) is 5. The van der Waals surface area contributed by atoms with E-state index in [-0.39, 0.29) is 27.2 Å². The van der Waals surface area contributed by atoms with Crippen LogP contribution < -0.4 is 0 Å². The highest BCUT2D eigenvalue weighted by atomic mass is 35.5. The minimum atomic E-state index is -4.24. The van der Waals surface area contributed by atoms with Gasteiger partial charge in [-0.05, 0) is 26.0 Å². The van der Waals surface area contributed by atoms with Gasteiger partial charge in [0, 0.05) is 10.6 Å². The van der Waals surface area contributed by atoms with Crippen LogP contribution in [0.5, 0.6) is 0 Å². The van der Waals surface area contributed by atoms with Crippen LogP contribution in [0.15, 0.2) is 29.2 Å². The van der Waals surface area contributed by atoms with Crippen molar-refractivity contribution in [3.63, 3.8) is 0 Å². The number of rotatable bonds is 6. The van der Waals surface area contributed by atoms with Gasteiger partial charge < -0.3 is 4.74 Å². The Kier molecular flexibility index (Phi) is 6.70. The van der Waals surface area contributed by atoms with Gasteiger partial charge in [-0.15, -0.1) is 0 Å². The van der Waals surface area contributed by atoms with Crippen molar-refractivity contribution in [1.82, 2.24) is 0 Å². The monoisotopic (exact) mass is 386 g/mol. The zero-order valence-electron chi connectivity index (χ0n) is 11.7. The molecule has 0 spiro atoms. The molecule has 22 heavy (non-hydrogen) atoms. The Labute approximate surface area is 143 Å². The summed E-state index contributed by atoms with van der Waals surface area (Å²) in [5.74, 6) is -0.643. The van der Waals surface area contributed by atoms with Gasteiger partial charge in [-0.2, -0.15) is 8.42 Å². The van der Waals surface area contributed by atoms with Gasteiger partial charge in [0.1, 0.15) is 17.6 Å².